The Hall–Kier alpha value is -1.50. The maximum absolute atomic E-state index is 12.6. The third kappa shape index (κ3) is 3.58. The van der Waals surface area contributed by atoms with Gasteiger partial charge >= 0.3 is 0 Å². The van der Waals surface area contributed by atoms with Crippen LogP contribution < -0.4 is 4.72 Å². The molecular formula is C15H20N2O3S. The molecule has 0 spiro atoms. The lowest BCUT2D eigenvalue weighted by Crippen LogP contribution is -2.35. The Balaban J connectivity index is 2.47. The highest BCUT2D eigenvalue weighted by atomic mass is 32.2. The van der Waals surface area contributed by atoms with Gasteiger partial charge < -0.3 is 5.11 Å². The third-order valence-corrected chi connectivity index (χ3v) is 4.96. The minimum absolute atomic E-state index is 0.0477. The van der Waals surface area contributed by atoms with Gasteiger partial charge in [-0.15, -0.1) is 0 Å². The summed E-state index contributed by atoms with van der Waals surface area (Å²) in [5.41, 5.74) is 1.25. The summed E-state index contributed by atoms with van der Waals surface area (Å²) in [5.74, 6) is 0. The van der Waals surface area contributed by atoms with Crippen LogP contribution in [0.2, 0.25) is 0 Å². The van der Waals surface area contributed by atoms with Crippen LogP contribution in [-0.2, 0) is 10.0 Å². The molecule has 0 radical (unpaired) electrons. The maximum Gasteiger partial charge on any atom is 0.242 e. The van der Waals surface area contributed by atoms with Crippen LogP contribution in [-0.4, -0.2) is 31.2 Å². The van der Waals surface area contributed by atoms with E-state index in [1.165, 1.54) is 0 Å². The molecule has 0 unspecified atom stereocenters. The molecule has 114 valence electrons. The van der Waals surface area contributed by atoms with Crippen LogP contribution in [0.3, 0.4) is 0 Å². The first-order chi connectivity index (χ1) is 9.97. The fourth-order valence-corrected chi connectivity index (χ4v) is 3.75. The Morgan fingerprint density at radius 2 is 2.05 bits per heavy atom. The normalized spacial score (nSPS) is 13.5. The molecule has 2 rings (SSSR count). The number of nitrogens with one attached hydrogen (secondary N) is 1. The summed E-state index contributed by atoms with van der Waals surface area (Å²) in [6.45, 7) is 3.67. The maximum atomic E-state index is 12.6. The van der Waals surface area contributed by atoms with Crippen LogP contribution in [0.4, 0.5) is 0 Å². The minimum atomic E-state index is -3.66. The summed E-state index contributed by atoms with van der Waals surface area (Å²) in [4.78, 5) is 4.53. The molecule has 21 heavy (non-hydrogen) atoms. The van der Waals surface area contributed by atoms with E-state index in [2.05, 4.69) is 9.71 Å². The molecule has 1 atom stereocenters. The predicted molar refractivity (Wildman–Crippen MR) is 82.6 cm³/mol. The molecule has 0 fully saturated rings. The van der Waals surface area contributed by atoms with E-state index >= 15 is 0 Å². The van der Waals surface area contributed by atoms with E-state index in [0.717, 1.165) is 11.1 Å². The second-order valence-electron chi connectivity index (χ2n) is 5.02. The molecule has 1 aromatic carbocycles. The SMILES string of the molecule is CC[C@@H](CCO)NS(=O)(=O)c1cccc2ccc(C)nc12. The number of nitrogens with zero attached hydrogens (tertiary/aromatic N) is 1. The molecule has 2 N–H and O–H groups in total. The molecular weight excluding hydrogens is 288 g/mol. The number of aryl methyl sites for hydroxylation is 1. The van der Waals surface area contributed by atoms with Crippen molar-refractivity contribution >= 4 is 20.9 Å². The van der Waals surface area contributed by atoms with Crippen molar-refractivity contribution < 1.29 is 13.5 Å². The fraction of sp³-hybridized carbons (Fsp3) is 0.400. The molecule has 0 amide bonds. The van der Waals surface area contributed by atoms with Crippen molar-refractivity contribution in [2.24, 2.45) is 0 Å². The summed E-state index contributed by atoms with van der Waals surface area (Å²) in [6, 6.07) is 8.55. The largest absolute Gasteiger partial charge is 0.396 e. The molecule has 5 nitrogen and oxygen atoms in total. The quantitative estimate of drug-likeness (QED) is 0.855. The zero-order chi connectivity index (χ0) is 15.5. The van der Waals surface area contributed by atoms with Crippen LogP contribution in [0, 0.1) is 6.92 Å². The number of rotatable bonds is 6. The molecule has 0 aliphatic rings. The number of hydrogen-bond acceptors (Lipinski definition) is 4. The number of hydrogen-bond donors (Lipinski definition) is 2. The molecule has 1 heterocycles. The van der Waals surface area contributed by atoms with Gasteiger partial charge in [0.2, 0.25) is 10.0 Å². The van der Waals surface area contributed by atoms with Crippen molar-refractivity contribution in [1.82, 2.24) is 9.71 Å². The zero-order valence-electron chi connectivity index (χ0n) is 12.2. The smallest absolute Gasteiger partial charge is 0.242 e. The number of fused-ring (bicyclic) bond motifs is 1. The highest BCUT2D eigenvalue weighted by molar-refractivity contribution is 7.89. The van der Waals surface area contributed by atoms with Gasteiger partial charge in [-0.3, -0.25) is 4.98 Å². The van der Waals surface area contributed by atoms with Crippen LogP contribution in [0.15, 0.2) is 35.2 Å². The van der Waals surface area contributed by atoms with Crippen LogP contribution >= 0.6 is 0 Å². The first kappa shape index (κ1) is 15.9. The van der Waals surface area contributed by atoms with Gasteiger partial charge in [-0.2, -0.15) is 0 Å². The molecule has 1 aromatic heterocycles. The molecule has 6 heteroatoms. The summed E-state index contributed by atoms with van der Waals surface area (Å²) < 4.78 is 27.8. The number of aliphatic hydroxyl groups is 1. The number of aliphatic hydroxyl groups excluding tert-OH is 1. The highest BCUT2D eigenvalue weighted by Crippen LogP contribution is 2.22. The van der Waals surface area contributed by atoms with Crippen molar-refractivity contribution in [2.45, 2.75) is 37.6 Å². The molecule has 0 bridgehead atoms. The topological polar surface area (TPSA) is 79.3 Å². The highest BCUT2D eigenvalue weighted by Gasteiger charge is 2.21. The molecule has 0 saturated heterocycles. The Bertz CT molecular complexity index is 729. The van der Waals surface area contributed by atoms with Gasteiger partial charge in [-0.1, -0.05) is 25.1 Å². The van der Waals surface area contributed by atoms with Crippen LogP contribution in [0.1, 0.15) is 25.5 Å². The van der Waals surface area contributed by atoms with E-state index < -0.39 is 10.0 Å². The second-order valence-corrected chi connectivity index (χ2v) is 6.70. The summed E-state index contributed by atoms with van der Waals surface area (Å²) in [5, 5.41) is 9.79. The predicted octanol–water partition coefficient (Wildman–Crippen LogP) is 1.98. The lowest BCUT2D eigenvalue weighted by atomic mass is 10.2. The molecule has 0 saturated carbocycles. The third-order valence-electron chi connectivity index (χ3n) is 3.40. The van der Waals surface area contributed by atoms with E-state index in [1.54, 1.807) is 12.1 Å². The van der Waals surface area contributed by atoms with E-state index in [1.807, 2.05) is 32.0 Å². The monoisotopic (exact) mass is 308 g/mol. The summed E-state index contributed by atoms with van der Waals surface area (Å²) >= 11 is 0. The summed E-state index contributed by atoms with van der Waals surface area (Å²) in [7, 11) is -3.66. The van der Waals surface area contributed by atoms with Crippen LogP contribution in [0.5, 0.6) is 0 Å². The van der Waals surface area contributed by atoms with Gasteiger partial charge in [0, 0.05) is 23.7 Å². The number of aromatic nitrogens is 1. The van der Waals surface area contributed by atoms with Crippen molar-refractivity contribution in [3.63, 3.8) is 0 Å². The van der Waals surface area contributed by atoms with Gasteiger partial charge in [-0.05, 0) is 31.9 Å². The van der Waals surface area contributed by atoms with Gasteiger partial charge in [0.25, 0.3) is 0 Å². The first-order valence-corrected chi connectivity index (χ1v) is 8.46. The summed E-state index contributed by atoms with van der Waals surface area (Å²) in [6.07, 6.45) is 1.02. The van der Waals surface area contributed by atoms with Gasteiger partial charge in [0.1, 0.15) is 4.90 Å². The average molecular weight is 308 g/mol. The first-order valence-electron chi connectivity index (χ1n) is 6.97. The van der Waals surface area contributed by atoms with Crippen molar-refractivity contribution in [1.29, 1.82) is 0 Å². The Kier molecular flexibility index (Phi) is 4.92. The van der Waals surface area contributed by atoms with Gasteiger partial charge in [0.05, 0.1) is 5.52 Å². The molecule has 2 aromatic rings. The second kappa shape index (κ2) is 6.51. The van der Waals surface area contributed by atoms with Crippen LogP contribution in [0.25, 0.3) is 10.9 Å². The lowest BCUT2D eigenvalue weighted by Gasteiger charge is -2.16. The minimum Gasteiger partial charge on any atom is -0.396 e. The Morgan fingerprint density at radius 3 is 2.71 bits per heavy atom. The van der Waals surface area contributed by atoms with E-state index in [0.29, 0.717) is 18.4 Å². The Labute approximate surface area is 125 Å². The average Bonchev–Trinajstić information content (AvgIpc) is 2.45. The standard InChI is InChI=1S/C15H20N2O3S/c1-3-13(9-10-18)17-21(19,20)14-6-4-5-12-8-7-11(2)16-15(12)14/h4-8,13,17-18H,3,9-10H2,1-2H3/t13-/m0/s1. The zero-order valence-corrected chi connectivity index (χ0v) is 13.0. The van der Waals surface area contributed by atoms with Gasteiger partial charge in [0.15, 0.2) is 0 Å². The van der Waals surface area contributed by atoms with E-state index in [4.69, 9.17) is 5.11 Å². The van der Waals surface area contributed by atoms with Crippen molar-refractivity contribution in [3.8, 4) is 0 Å². The number of sulfonamides is 1. The van der Waals surface area contributed by atoms with Crippen molar-refractivity contribution in [2.75, 3.05) is 6.61 Å². The Morgan fingerprint density at radius 1 is 1.29 bits per heavy atom. The van der Waals surface area contributed by atoms with E-state index in [9.17, 15) is 8.42 Å². The fourth-order valence-electron chi connectivity index (χ4n) is 2.22. The number of para-hydroxylation sites is 1. The lowest BCUT2D eigenvalue weighted by molar-refractivity contribution is 0.270. The number of benzene rings is 1. The van der Waals surface area contributed by atoms with E-state index in [-0.39, 0.29) is 17.5 Å². The van der Waals surface area contributed by atoms with Gasteiger partial charge in [-0.25, -0.2) is 13.1 Å². The molecule has 0 aliphatic heterocycles. The van der Waals surface area contributed by atoms with Crippen molar-refractivity contribution in [3.05, 3.63) is 36.0 Å². The number of pyridine rings is 1. The molecule has 0 aliphatic carbocycles.